The van der Waals surface area contributed by atoms with Crippen LogP contribution in [0.4, 0.5) is 4.39 Å². The molecule has 5 aromatic rings. The van der Waals surface area contributed by atoms with Crippen LogP contribution in [-0.4, -0.2) is 31.6 Å². The highest BCUT2D eigenvalue weighted by Gasteiger charge is 2.19. The van der Waals surface area contributed by atoms with Crippen LogP contribution in [0.2, 0.25) is 0 Å². The average Bonchev–Trinajstić information content (AvgIpc) is 3.31. The van der Waals surface area contributed by atoms with Crippen LogP contribution in [0.5, 0.6) is 0 Å². The molecule has 3 aromatic carbocycles. The summed E-state index contributed by atoms with van der Waals surface area (Å²) in [6.45, 7) is 2.56. The molecule has 35 heavy (non-hydrogen) atoms. The highest BCUT2D eigenvalue weighted by Crippen LogP contribution is 2.17. The van der Waals surface area contributed by atoms with Crippen molar-refractivity contribution >= 4 is 22.6 Å². The zero-order valence-corrected chi connectivity index (χ0v) is 19.2. The lowest BCUT2D eigenvalue weighted by molar-refractivity contribution is 0.0943. The van der Waals surface area contributed by atoms with Crippen molar-refractivity contribution in [2.75, 3.05) is 6.54 Å². The number of carbonyl (C=O) groups is 1. The molecule has 0 radical (unpaired) electrons. The summed E-state index contributed by atoms with van der Waals surface area (Å²) in [6, 6.07) is 21.8. The molecule has 1 N–H and O–H groups in total. The average molecular weight is 470 g/mol. The van der Waals surface area contributed by atoms with Gasteiger partial charge in [-0.1, -0.05) is 48.5 Å². The maximum absolute atomic E-state index is 13.8. The van der Waals surface area contributed by atoms with E-state index in [4.69, 9.17) is 0 Å². The van der Waals surface area contributed by atoms with Gasteiger partial charge in [0.05, 0.1) is 17.6 Å². The molecule has 7 nitrogen and oxygen atoms in total. The van der Waals surface area contributed by atoms with Gasteiger partial charge in [-0.15, -0.1) is 5.10 Å². The SMILES string of the molecule is Cc1ccc2c(c1)n(Cc1cccc(F)c1)c(=O)c1nc(C(=O)NCCCc3ccccc3)nn12. The van der Waals surface area contributed by atoms with E-state index in [2.05, 4.69) is 15.4 Å². The van der Waals surface area contributed by atoms with E-state index < -0.39 is 11.5 Å². The van der Waals surface area contributed by atoms with Crippen LogP contribution in [0, 0.1) is 12.7 Å². The Morgan fingerprint density at radius 2 is 1.77 bits per heavy atom. The predicted octanol–water partition coefficient (Wildman–Crippen LogP) is 3.90. The first-order chi connectivity index (χ1) is 17.0. The number of fused-ring (bicyclic) bond motifs is 3. The molecule has 0 saturated heterocycles. The minimum atomic E-state index is -0.432. The summed E-state index contributed by atoms with van der Waals surface area (Å²) in [5, 5.41) is 7.19. The fraction of sp³-hybridized carbons (Fsp3) is 0.185. The van der Waals surface area contributed by atoms with Crippen LogP contribution in [0.3, 0.4) is 0 Å². The topological polar surface area (TPSA) is 81.3 Å². The quantitative estimate of drug-likeness (QED) is 0.367. The van der Waals surface area contributed by atoms with Crippen molar-refractivity contribution in [3.63, 3.8) is 0 Å². The Balaban J connectivity index is 1.46. The van der Waals surface area contributed by atoms with Crippen molar-refractivity contribution in [2.24, 2.45) is 0 Å². The number of amides is 1. The number of hydrogen-bond donors (Lipinski definition) is 1. The maximum Gasteiger partial charge on any atom is 0.296 e. The second kappa shape index (κ2) is 9.50. The molecule has 5 rings (SSSR count). The normalized spacial score (nSPS) is 11.3. The van der Waals surface area contributed by atoms with Crippen LogP contribution >= 0.6 is 0 Å². The third-order valence-electron chi connectivity index (χ3n) is 5.90. The smallest absolute Gasteiger partial charge is 0.296 e. The second-order valence-electron chi connectivity index (χ2n) is 8.53. The molecule has 0 unspecified atom stereocenters. The first-order valence-electron chi connectivity index (χ1n) is 11.5. The Kier molecular flexibility index (Phi) is 6.10. The molecule has 0 aliphatic carbocycles. The molecular weight excluding hydrogens is 445 g/mol. The van der Waals surface area contributed by atoms with Gasteiger partial charge in [0.1, 0.15) is 5.82 Å². The van der Waals surface area contributed by atoms with Gasteiger partial charge < -0.3 is 5.32 Å². The molecule has 0 saturated carbocycles. The Labute approximate surface area is 200 Å². The van der Waals surface area contributed by atoms with Crippen LogP contribution in [-0.2, 0) is 13.0 Å². The van der Waals surface area contributed by atoms with Gasteiger partial charge in [-0.25, -0.2) is 8.91 Å². The third-order valence-corrected chi connectivity index (χ3v) is 5.90. The number of rotatable bonds is 7. The third kappa shape index (κ3) is 4.68. The number of nitrogens with zero attached hydrogens (tertiary/aromatic N) is 4. The van der Waals surface area contributed by atoms with Crippen molar-refractivity contribution in [3.05, 3.63) is 111 Å². The lowest BCUT2D eigenvalue weighted by Gasteiger charge is -2.12. The molecule has 0 fully saturated rings. The number of aromatic nitrogens is 4. The molecule has 1 amide bonds. The van der Waals surface area contributed by atoms with Gasteiger partial charge in [-0.3, -0.25) is 14.2 Å². The minimum Gasteiger partial charge on any atom is -0.349 e. The van der Waals surface area contributed by atoms with Gasteiger partial charge >= 0.3 is 0 Å². The molecule has 0 spiro atoms. The summed E-state index contributed by atoms with van der Waals surface area (Å²) in [7, 11) is 0. The van der Waals surface area contributed by atoms with E-state index in [1.165, 1.54) is 22.2 Å². The first kappa shape index (κ1) is 22.5. The molecule has 2 aromatic heterocycles. The van der Waals surface area contributed by atoms with E-state index in [1.54, 1.807) is 16.7 Å². The molecule has 8 heteroatoms. The summed E-state index contributed by atoms with van der Waals surface area (Å²) >= 11 is 0. The van der Waals surface area contributed by atoms with Gasteiger partial charge in [0.2, 0.25) is 11.5 Å². The summed E-state index contributed by atoms with van der Waals surface area (Å²) in [5.41, 5.74) is 3.73. The van der Waals surface area contributed by atoms with Crippen LogP contribution in [0.15, 0.2) is 77.6 Å². The monoisotopic (exact) mass is 469 g/mol. The minimum absolute atomic E-state index is 0.0483. The highest BCUT2D eigenvalue weighted by molar-refractivity contribution is 5.91. The molecule has 0 atom stereocenters. The largest absolute Gasteiger partial charge is 0.349 e. The van der Waals surface area contributed by atoms with E-state index in [9.17, 15) is 14.0 Å². The van der Waals surface area contributed by atoms with Crippen molar-refractivity contribution in [2.45, 2.75) is 26.3 Å². The highest BCUT2D eigenvalue weighted by atomic mass is 19.1. The summed E-state index contributed by atoms with van der Waals surface area (Å²) in [4.78, 5) is 30.4. The lowest BCUT2D eigenvalue weighted by Crippen LogP contribution is -2.26. The molecule has 176 valence electrons. The fourth-order valence-corrected chi connectivity index (χ4v) is 4.17. The van der Waals surface area contributed by atoms with Crippen molar-refractivity contribution in [1.29, 1.82) is 0 Å². The second-order valence-corrected chi connectivity index (χ2v) is 8.53. The molecule has 0 bridgehead atoms. The number of halogens is 1. The fourth-order valence-electron chi connectivity index (χ4n) is 4.17. The van der Waals surface area contributed by atoms with E-state index in [1.807, 2.05) is 55.5 Å². The van der Waals surface area contributed by atoms with E-state index >= 15 is 0 Å². The van der Waals surface area contributed by atoms with E-state index in [0.29, 0.717) is 23.1 Å². The number of nitrogens with one attached hydrogen (secondary N) is 1. The first-order valence-corrected chi connectivity index (χ1v) is 11.5. The van der Waals surface area contributed by atoms with Crippen LogP contribution < -0.4 is 10.9 Å². The molecule has 0 aliphatic heterocycles. The van der Waals surface area contributed by atoms with Crippen molar-refractivity contribution in [1.82, 2.24) is 24.5 Å². The Morgan fingerprint density at radius 1 is 0.971 bits per heavy atom. The molecular formula is C27H24FN5O2. The van der Waals surface area contributed by atoms with E-state index in [-0.39, 0.29) is 23.8 Å². The van der Waals surface area contributed by atoms with Crippen molar-refractivity contribution < 1.29 is 9.18 Å². The van der Waals surface area contributed by atoms with Gasteiger partial charge in [0, 0.05) is 6.54 Å². The number of aryl methyl sites for hydroxylation is 2. The summed E-state index contributed by atoms with van der Waals surface area (Å²) in [6.07, 6.45) is 1.61. The molecule has 2 heterocycles. The Morgan fingerprint density at radius 3 is 2.57 bits per heavy atom. The summed E-state index contributed by atoms with van der Waals surface area (Å²) in [5.74, 6) is -0.865. The standard InChI is InChI=1S/C27H24FN5O2/c1-18-12-13-22-23(15-18)32(17-20-9-5-11-21(28)16-20)27(35)25-30-24(31-33(22)25)26(34)29-14-6-10-19-7-3-2-4-8-19/h2-5,7-9,11-13,15-16H,6,10,14,17H2,1H3,(H,29,34). The van der Waals surface area contributed by atoms with Crippen molar-refractivity contribution in [3.8, 4) is 0 Å². The number of carbonyl (C=O) groups excluding carboxylic acids is 1. The number of hydrogen-bond acceptors (Lipinski definition) is 4. The van der Waals surface area contributed by atoms with Gasteiger partial charge in [-0.05, 0) is 60.7 Å². The van der Waals surface area contributed by atoms with Gasteiger partial charge in [0.15, 0.2) is 0 Å². The van der Waals surface area contributed by atoms with Crippen LogP contribution in [0.1, 0.15) is 33.7 Å². The Bertz CT molecular complexity index is 1590. The van der Waals surface area contributed by atoms with Gasteiger partial charge in [0.25, 0.3) is 11.5 Å². The van der Waals surface area contributed by atoms with Crippen LogP contribution in [0.25, 0.3) is 16.7 Å². The maximum atomic E-state index is 13.8. The predicted molar refractivity (Wildman–Crippen MR) is 132 cm³/mol. The zero-order valence-electron chi connectivity index (χ0n) is 19.2. The van der Waals surface area contributed by atoms with Gasteiger partial charge in [-0.2, -0.15) is 4.98 Å². The lowest BCUT2D eigenvalue weighted by atomic mass is 10.1. The van der Waals surface area contributed by atoms with E-state index in [0.717, 1.165) is 18.4 Å². The number of benzene rings is 3. The molecule has 0 aliphatic rings. The zero-order chi connectivity index (χ0) is 24.4. The summed E-state index contributed by atoms with van der Waals surface area (Å²) < 4.78 is 16.7. The Hall–Kier alpha value is -4.33.